The molecule has 138 valence electrons. The summed E-state index contributed by atoms with van der Waals surface area (Å²) in [5.41, 5.74) is 3.21. The van der Waals surface area contributed by atoms with E-state index < -0.39 is 0 Å². The van der Waals surface area contributed by atoms with Crippen LogP contribution in [0, 0.1) is 0 Å². The highest BCUT2D eigenvalue weighted by Crippen LogP contribution is 2.13. The smallest absolute Gasteiger partial charge is 0.191 e. The number of aromatic nitrogens is 3. The molecular formula is C18H24IN7. The molecular weight excluding hydrogens is 441 g/mol. The van der Waals surface area contributed by atoms with Crippen LogP contribution in [0.2, 0.25) is 0 Å². The largest absolute Gasteiger partial charge is 0.378 e. The lowest BCUT2D eigenvalue weighted by Crippen LogP contribution is -2.36. The van der Waals surface area contributed by atoms with E-state index in [-0.39, 0.29) is 24.0 Å². The summed E-state index contributed by atoms with van der Waals surface area (Å²) in [5.74, 6) is 1.57. The lowest BCUT2D eigenvalue weighted by atomic mass is 10.2. The van der Waals surface area contributed by atoms with Gasteiger partial charge in [-0.25, -0.2) is 0 Å². The summed E-state index contributed by atoms with van der Waals surface area (Å²) >= 11 is 0. The van der Waals surface area contributed by atoms with Crippen LogP contribution in [-0.2, 0) is 13.1 Å². The Bertz CT molecular complexity index is 873. The average Bonchev–Trinajstić information content (AvgIpc) is 3.05. The number of fused-ring (bicyclic) bond motifs is 1. The van der Waals surface area contributed by atoms with Gasteiger partial charge in [-0.2, -0.15) is 0 Å². The number of nitrogens with one attached hydrogen (secondary N) is 2. The molecule has 0 bridgehead atoms. The van der Waals surface area contributed by atoms with E-state index in [1.54, 1.807) is 7.05 Å². The van der Waals surface area contributed by atoms with Gasteiger partial charge in [0.1, 0.15) is 0 Å². The minimum absolute atomic E-state index is 0. The summed E-state index contributed by atoms with van der Waals surface area (Å²) in [6.45, 7) is 1.24. The molecule has 0 unspecified atom stereocenters. The Labute approximate surface area is 170 Å². The number of hydrogen-bond donors (Lipinski definition) is 2. The molecule has 0 spiro atoms. The molecule has 8 heteroatoms. The number of benzene rings is 1. The number of guanidine groups is 1. The lowest BCUT2D eigenvalue weighted by Gasteiger charge is -2.15. The van der Waals surface area contributed by atoms with Gasteiger partial charge in [0.05, 0.1) is 6.54 Å². The van der Waals surface area contributed by atoms with E-state index in [9.17, 15) is 0 Å². The predicted molar refractivity (Wildman–Crippen MR) is 116 cm³/mol. The molecule has 7 nitrogen and oxygen atoms in total. The standard InChI is InChI=1S/C18H23N7.HI/c1-19-18(20-12-14-7-6-8-15(11-14)24(2)3)21-13-17-23-22-16-9-4-5-10-25(16)17;/h4-11H,12-13H2,1-3H3,(H2,19,20,21);1H. The molecule has 0 atom stereocenters. The van der Waals surface area contributed by atoms with E-state index >= 15 is 0 Å². The van der Waals surface area contributed by atoms with Crippen LogP contribution >= 0.6 is 24.0 Å². The average molecular weight is 465 g/mol. The fourth-order valence-corrected chi connectivity index (χ4v) is 2.53. The molecule has 0 aliphatic carbocycles. The number of hydrogen-bond acceptors (Lipinski definition) is 4. The molecule has 0 saturated heterocycles. The number of nitrogens with zero attached hydrogens (tertiary/aromatic N) is 5. The maximum Gasteiger partial charge on any atom is 0.191 e. The van der Waals surface area contributed by atoms with Gasteiger partial charge in [-0.3, -0.25) is 9.39 Å². The van der Waals surface area contributed by atoms with Crippen molar-refractivity contribution >= 4 is 41.3 Å². The number of anilines is 1. The third kappa shape index (κ3) is 4.84. The predicted octanol–water partition coefficient (Wildman–Crippen LogP) is 2.28. The second-order valence-corrected chi connectivity index (χ2v) is 5.89. The van der Waals surface area contributed by atoms with Crippen molar-refractivity contribution in [3.63, 3.8) is 0 Å². The third-order valence-electron chi connectivity index (χ3n) is 3.91. The van der Waals surface area contributed by atoms with Gasteiger partial charge in [-0.05, 0) is 29.8 Å². The Morgan fingerprint density at radius 1 is 1.08 bits per heavy atom. The van der Waals surface area contributed by atoms with Crippen molar-refractivity contribution in [2.24, 2.45) is 4.99 Å². The first-order valence-corrected chi connectivity index (χ1v) is 8.17. The van der Waals surface area contributed by atoms with Gasteiger partial charge in [-0.1, -0.05) is 18.2 Å². The van der Waals surface area contributed by atoms with Crippen molar-refractivity contribution in [1.82, 2.24) is 25.2 Å². The third-order valence-corrected chi connectivity index (χ3v) is 3.91. The van der Waals surface area contributed by atoms with E-state index in [1.807, 2.05) is 42.9 Å². The molecule has 3 rings (SSSR count). The summed E-state index contributed by atoms with van der Waals surface area (Å²) in [7, 11) is 5.83. The van der Waals surface area contributed by atoms with E-state index in [1.165, 1.54) is 11.3 Å². The number of pyridine rings is 1. The lowest BCUT2D eigenvalue weighted by molar-refractivity contribution is 0.762. The van der Waals surface area contributed by atoms with Crippen LogP contribution in [0.5, 0.6) is 0 Å². The zero-order valence-corrected chi connectivity index (χ0v) is 17.5. The summed E-state index contributed by atoms with van der Waals surface area (Å²) < 4.78 is 1.96. The highest BCUT2D eigenvalue weighted by Gasteiger charge is 2.06. The van der Waals surface area contributed by atoms with Crippen LogP contribution in [0.1, 0.15) is 11.4 Å². The Morgan fingerprint density at radius 3 is 2.65 bits per heavy atom. The van der Waals surface area contributed by atoms with Gasteiger partial charge in [-0.15, -0.1) is 34.2 Å². The summed E-state index contributed by atoms with van der Waals surface area (Å²) in [6, 6.07) is 14.2. The highest BCUT2D eigenvalue weighted by atomic mass is 127. The van der Waals surface area contributed by atoms with Crippen LogP contribution in [0.4, 0.5) is 5.69 Å². The minimum Gasteiger partial charge on any atom is -0.378 e. The molecule has 2 aromatic heterocycles. The minimum atomic E-state index is 0. The van der Waals surface area contributed by atoms with Crippen molar-refractivity contribution in [2.45, 2.75) is 13.1 Å². The van der Waals surface area contributed by atoms with Gasteiger partial charge in [0.2, 0.25) is 0 Å². The van der Waals surface area contributed by atoms with Crippen molar-refractivity contribution < 1.29 is 0 Å². The molecule has 0 radical (unpaired) electrons. The van der Waals surface area contributed by atoms with Gasteiger partial charge in [0, 0.05) is 39.6 Å². The number of aliphatic imine (C=N–C) groups is 1. The molecule has 26 heavy (non-hydrogen) atoms. The molecule has 0 saturated carbocycles. The maximum atomic E-state index is 4.27. The molecule has 3 aromatic rings. The van der Waals surface area contributed by atoms with Gasteiger partial charge >= 0.3 is 0 Å². The molecule has 2 N–H and O–H groups in total. The fraction of sp³-hybridized carbons (Fsp3) is 0.278. The van der Waals surface area contributed by atoms with Crippen molar-refractivity contribution in [2.75, 3.05) is 26.0 Å². The van der Waals surface area contributed by atoms with Crippen molar-refractivity contribution in [1.29, 1.82) is 0 Å². The molecule has 0 amide bonds. The Morgan fingerprint density at radius 2 is 1.88 bits per heavy atom. The summed E-state index contributed by atoms with van der Waals surface area (Å²) in [4.78, 5) is 6.36. The first kappa shape index (κ1) is 20.0. The maximum absolute atomic E-state index is 4.27. The zero-order valence-electron chi connectivity index (χ0n) is 15.2. The molecule has 1 aromatic carbocycles. The van der Waals surface area contributed by atoms with Gasteiger partial charge < -0.3 is 15.5 Å². The van der Waals surface area contributed by atoms with Crippen LogP contribution in [0.3, 0.4) is 0 Å². The topological polar surface area (TPSA) is 69.8 Å². The van der Waals surface area contributed by atoms with Gasteiger partial charge in [0.25, 0.3) is 0 Å². The van der Waals surface area contributed by atoms with Gasteiger partial charge in [0.15, 0.2) is 17.4 Å². The monoisotopic (exact) mass is 465 g/mol. The van der Waals surface area contributed by atoms with E-state index in [2.05, 4.69) is 55.0 Å². The molecule has 2 heterocycles. The zero-order chi connectivity index (χ0) is 17.6. The second kappa shape index (κ2) is 9.37. The van der Waals surface area contributed by atoms with E-state index in [0.29, 0.717) is 13.1 Å². The van der Waals surface area contributed by atoms with Crippen molar-refractivity contribution in [3.8, 4) is 0 Å². The Kier molecular flexibility index (Phi) is 7.19. The van der Waals surface area contributed by atoms with E-state index in [4.69, 9.17) is 0 Å². The fourth-order valence-electron chi connectivity index (χ4n) is 2.53. The number of halogens is 1. The van der Waals surface area contributed by atoms with Crippen LogP contribution in [0.25, 0.3) is 5.65 Å². The second-order valence-electron chi connectivity index (χ2n) is 5.89. The van der Waals surface area contributed by atoms with Crippen LogP contribution in [0.15, 0.2) is 53.7 Å². The number of rotatable bonds is 5. The Balaban J connectivity index is 0.00000243. The quantitative estimate of drug-likeness (QED) is 0.344. The molecule has 0 aliphatic rings. The first-order chi connectivity index (χ1) is 12.2. The molecule has 0 fully saturated rings. The summed E-state index contributed by atoms with van der Waals surface area (Å²) in [5, 5.41) is 15.0. The first-order valence-electron chi connectivity index (χ1n) is 8.17. The Hall–Kier alpha value is -2.36. The van der Waals surface area contributed by atoms with Crippen LogP contribution in [-0.4, -0.2) is 41.7 Å². The highest BCUT2D eigenvalue weighted by molar-refractivity contribution is 14.0. The van der Waals surface area contributed by atoms with E-state index in [0.717, 1.165) is 17.4 Å². The van der Waals surface area contributed by atoms with Crippen molar-refractivity contribution in [3.05, 3.63) is 60.0 Å². The summed E-state index contributed by atoms with van der Waals surface area (Å²) in [6.07, 6.45) is 1.95. The SMILES string of the molecule is CN=C(NCc1cccc(N(C)C)c1)NCc1nnc2ccccn12.I. The molecule has 0 aliphatic heterocycles. The normalized spacial score (nSPS) is 11.1. The van der Waals surface area contributed by atoms with Crippen LogP contribution < -0.4 is 15.5 Å².